The standard InChI is InChI=1S/C10H17N/c1-5-6-7-10(8-11-4)9(2)3/h6-8,11H,2,5H2,1,3-4H3/b7-6-,10-8+. The maximum Gasteiger partial charge on any atom is 0.00375 e. The highest BCUT2D eigenvalue weighted by atomic mass is 14.8. The summed E-state index contributed by atoms with van der Waals surface area (Å²) in [5.41, 5.74) is 2.25. The van der Waals surface area contributed by atoms with Gasteiger partial charge in [0.25, 0.3) is 0 Å². The largest absolute Gasteiger partial charge is 0.393 e. The Hall–Kier alpha value is -0.980. The molecule has 0 fully saturated rings. The third-order valence-corrected chi connectivity index (χ3v) is 1.33. The predicted octanol–water partition coefficient (Wildman–Crippen LogP) is 2.63. The van der Waals surface area contributed by atoms with E-state index in [1.54, 1.807) is 0 Å². The number of nitrogens with one attached hydrogen (secondary N) is 1. The first kappa shape index (κ1) is 10.0. The molecule has 1 nitrogen and oxygen atoms in total. The number of hydrogen-bond donors (Lipinski definition) is 1. The van der Waals surface area contributed by atoms with Crippen molar-refractivity contribution in [3.05, 3.63) is 36.1 Å². The van der Waals surface area contributed by atoms with Gasteiger partial charge in [-0.25, -0.2) is 0 Å². The summed E-state index contributed by atoms with van der Waals surface area (Å²) in [5, 5.41) is 2.98. The minimum absolute atomic E-state index is 1.06. The van der Waals surface area contributed by atoms with E-state index in [1.165, 1.54) is 0 Å². The first-order chi connectivity index (χ1) is 5.22. The first-order valence-electron chi connectivity index (χ1n) is 3.92. The lowest BCUT2D eigenvalue weighted by Gasteiger charge is -1.99. The van der Waals surface area contributed by atoms with E-state index >= 15 is 0 Å². The lowest BCUT2D eigenvalue weighted by atomic mass is 10.1. The second-order valence-electron chi connectivity index (χ2n) is 2.48. The Labute approximate surface area is 69.5 Å². The van der Waals surface area contributed by atoms with Crippen molar-refractivity contribution >= 4 is 0 Å². The van der Waals surface area contributed by atoms with Gasteiger partial charge in [-0.1, -0.05) is 25.7 Å². The average Bonchev–Trinajstić information content (AvgIpc) is 1.97. The number of allylic oxidation sites excluding steroid dienone is 4. The minimum atomic E-state index is 1.06. The molecule has 0 aliphatic carbocycles. The van der Waals surface area contributed by atoms with Gasteiger partial charge in [-0.3, -0.25) is 0 Å². The van der Waals surface area contributed by atoms with Crippen molar-refractivity contribution in [3.63, 3.8) is 0 Å². The fraction of sp³-hybridized carbons (Fsp3) is 0.400. The summed E-state index contributed by atoms with van der Waals surface area (Å²) in [6.07, 6.45) is 7.22. The van der Waals surface area contributed by atoms with Crippen LogP contribution in [0.1, 0.15) is 20.3 Å². The van der Waals surface area contributed by atoms with Crippen molar-refractivity contribution in [2.75, 3.05) is 7.05 Å². The fourth-order valence-corrected chi connectivity index (χ4v) is 0.714. The molecule has 0 aliphatic rings. The summed E-state index contributed by atoms with van der Waals surface area (Å²) < 4.78 is 0. The van der Waals surface area contributed by atoms with E-state index in [2.05, 4.69) is 31.0 Å². The minimum Gasteiger partial charge on any atom is -0.393 e. The zero-order valence-electron chi connectivity index (χ0n) is 7.65. The van der Waals surface area contributed by atoms with Crippen LogP contribution < -0.4 is 5.32 Å². The number of hydrogen-bond acceptors (Lipinski definition) is 1. The van der Waals surface area contributed by atoms with Gasteiger partial charge in [0.1, 0.15) is 0 Å². The predicted molar refractivity (Wildman–Crippen MR) is 51.4 cm³/mol. The zero-order chi connectivity index (χ0) is 8.69. The molecular weight excluding hydrogens is 134 g/mol. The van der Waals surface area contributed by atoms with Crippen molar-refractivity contribution in [3.8, 4) is 0 Å². The Kier molecular flexibility index (Phi) is 5.26. The van der Waals surface area contributed by atoms with E-state index in [0.29, 0.717) is 0 Å². The molecule has 11 heavy (non-hydrogen) atoms. The molecule has 0 aromatic heterocycles. The summed E-state index contributed by atoms with van der Waals surface area (Å²) in [6, 6.07) is 0. The molecule has 0 unspecified atom stereocenters. The van der Waals surface area contributed by atoms with E-state index in [1.807, 2.05) is 20.2 Å². The molecule has 0 radical (unpaired) electrons. The molecule has 0 aromatic rings. The summed E-state index contributed by atoms with van der Waals surface area (Å²) in [5.74, 6) is 0. The molecule has 0 aliphatic heterocycles. The van der Waals surface area contributed by atoms with Gasteiger partial charge in [0.15, 0.2) is 0 Å². The van der Waals surface area contributed by atoms with E-state index in [0.717, 1.165) is 17.6 Å². The van der Waals surface area contributed by atoms with Crippen LogP contribution in [0.2, 0.25) is 0 Å². The number of rotatable bonds is 4. The van der Waals surface area contributed by atoms with Gasteiger partial charge in [0.05, 0.1) is 0 Å². The molecule has 0 aromatic carbocycles. The highest BCUT2D eigenvalue weighted by Gasteiger charge is 1.89. The Morgan fingerprint density at radius 1 is 1.55 bits per heavy atom. The molecule has 1 N–H and O–H groups in total. The van der Waals surface area contributed by atoms with Gasteiger partial charge in [-0.05, 0) is 24.5 Å². The topological polar surface area (TPSA) is 12.0 Å². The van der Waals surface area contributed by atoms with Crippen LogP contribution in [0, 0.1) is 0 Å². The van der Waals surface area contributed by atoms with Crippen LogP contribution in [0.25, 0.3) is 0 Å². The second kappa shape index (κ2) is 5.78. The first-order valence-corrected chi connectivity index (χ1v) is 3.92. The van der Waals surface area contributed by atoms with Crippen molar-refractivity contribution < 1.29 is 0 Å². The lowest BCUT2D eigenvalue weighted by molar-refractivity contribution is 1.08. The van der Waals surface area contributed by atoms with E-state index < -0.39 is 0 Å². The molecule has 0 atom stereocenters. The van der Waals surface area contributed by atoms with Crippen molar-refractivity contribution in [2.45, 2.75) is 20.3 Å². The van der Waals surface area contributed by atoms with Crippen LogP contribution >= 0.6 is 0 Å². The molecule has 0 rings (SSSR count). The summed E-state index contributed by atoms with van der Waals surface area (Å²) in [6.45, 7) is 7.99. The normalized spacial score (nSPS) is 12.1. The smallest absolute Gasteiger partial charge is 0.00375 e. The van der Waals surface area contributed by atoms with Crippen molar-refractivity contribution in [1.82, 2.24) is 5.32 Å². The summed E-state index contributed by atoms with van der Waals surface area (Å²) in [7, 11) is 1.89. The Bertz CT molecular complexity index is 175. The molecule has 0 heterocycles. The molecule has 0 saturated heterocycles. The fourth-order valence-electron chi connectivity index (χ4n) is 0.714. The van der Waals surface area contributed by atoms with Crippen LogP contribution in [0.3, 0.4) is 0 Å². The molecule has 0 spiro atoms. The highest BCUT2D eigenvalue weighted by molar-refractivity contribution is 5.35. The second-order valence-corrected chi connectivity index (χ2v) is 2.48. The lowest BCUT2D eigenvalue weighted by Crippen LogP contribution is -1.95. The van der Waals surface area contributed by atoms with Gasteiger partial charge < -0.3 is 5.32 Å². The van der Waals surface area contributed by atoms with E-state index in [-0.39, 0.29) is 0 Å². The van der Waals surface area contributed by atoms with Crippen molar-refractivity contribution in [1.29, 1.82) is 0 Å². The third-order valence-electron chi connectivity index (χ3n) is 1.33. The molecule has 0 amide bonds. The molecule has 0 saturated carbocycles. The van der Waals surface area contributed by atoms with E-state index in [4.69, 9.17) is 0 Å². The summed E-state index contributed by atoms with van der Waals surface area (Å²) >= 11 is 0. The highest BCUT2D eigenvalue weighted by Crippen LogP contribution is 2.06. The zero-order valence-corrected chi connectivity index (χ0v) is 7.65. The SMILES string of the molecule is C=C(C)C(/C=C\CC)=C/NC. The Balaban J connectivity index is 4.23. The van der Waals surface area contributed by atoms with Crippen LogP contribution in [0.5, 0.6) is 0 Å². The van der Waals surface area contributed by atoms with Crippen LogP contribution in [-0.4, -0.2) is 7.05 Å². The van der Waals surface area contributed by atoms with Gasteiger partial charge in [0.2, 0.25) is 0 Å². The van der Waals surface area contributed by atoms with Crippen LogP contribution in [0.15, 0.2) is 36.1 Å². The van der Waals surface area contributed by atoms with Crippen LogP contribution in [0.4, 0.5) is 0 Å². The molecular formula is C10H17N. The third kappa shape index (κ3) is 4.43. The van der Waals surface area contributed by atoms with Crippen molar-refractivity contribution in [2.24, 2.45) is 0 Å². The van der Waals surface area contributed by atoms with Gasteiger partial charge >= 0.3 is 0 Å². The average molecular weight is 151 g/mol. The molecule has 0 bridgehead atoms. The van der Waals surface area contributed by atoms with Crippen LogP contribution in [-0.2, 0) is 0 Å². The van der Waals surface area contributed by atoms with Gasteiger partial charge in [-0.15, -0.1) is 0 Å². The van der Waals surface area contributed by atoms with Gasteiger partial charge in [-0.2, -0.15) is 0 Å². The maximum absolute atomic E-state index is 3.87. The monoisotopic (exact) mass is 151 g/mol. The Morgan fingerprint density at radius 2 is 2.18 bits per heavy atom. The molecule has 1 heteroatoms. The van der Waals surface area contributed by atoms with E-state index in [9.17, 15) is 0 Å². The summed E-state index contributed by atoms with van der Waals surface area (Å²) in [4.78, 5) is 0. The Morgan fingerprint density at radius 3 is 2.55 bits per heavy atom. The quantitative estimate of drug-likeness (QED) is 0.609. The molecule has 62 valence electrons. The maximum atomic E-state index is 3.87. The van der Waals surface area contributed by atoms with Gasteiger partial charge in [0, 0.05) is 13.2 Å².